The Morgan fingerprint density at radius 2 is 2.43 bits per heavy atom. The van der Waals surface area contributed by atoms with E-state index in [1.165, 1.54) is 6.92 Å². The minimum atomic E-state index is -0.441. The van der Waals surface area contributed by atoms with E-state index in [1.54, 1.807) is 12.2 Å². The monoisotopic (exact) mass is 198 g/mol. The van der Waals surface area contributed by atoms with Crippen molar-refractivity contribution >= 4 is 11.9 Å². The summed E-state index contributed by atoms with van der Waals surface area (Å²) in [5, 5.41) is 0. The van der Waals surface area contributed by atoms with Crippen LogP contribution in [0.4, 0.5) is 0 Å². The molecule has 0 radical (unpaired) electrons. The Kier molecular flexibility index (Phi) is 3.68. The zero-order chi connectivity index (χ0) is 10.6. The number of rotatable bonds is 3. The molecule has 2 atom stereocenters. The zero-order valence-corrected chi connectivity index (χ0v) is 8.36. The topological polar surface area (TPSA) is 52.6 Å². The summed E-state index contributed by atoms with van der Waals surface area (Å²) < 4.78 is 10.0. The molecule has 1 saturated heterocycles. The van der Waals surface area contributed by atoms with E-state index in [2.05, 4.69) is 0 Å². The molecule has 1 rings (SSSR count). The Bertz CT molecular complexity index is 257. The van der Waals surface area contributed by atoms with Crippen LogP contribution in [0, 0.1) is 0 Å². The highest BCUT2D eigenvalue weighted by molar-refractivity contribution is 5.72. The van der Waals surface area contributed by atoms with E-state index in [9.17, 15) is 9.59 Å². The molecule has 1 heterocycles. The van der Waals surface area contributed by atoms with Crippen molar-refractivity contribution in [1.82, 2.24) is 0 Å². The molecule has 0 N–H and O–H groups in total. The zero-order valence-electron chi connectivity index (χ0n) is 8.36. The fraction of sp³-hybridized carbons (Fsp3) is 0.600. The van der Waals surface area contributed by atoms with Gasteiger partial charge in [0.05, 0.1) is 0 Å². The summed E-state index contributed by atoms with van der Waals surface area (Å²) in [5.41, 5.74) is 0. The van der Waals surface area contributed by atoms with Crippen LogP contribution in [0.2, 0.25) is 0 Å². The van der Waals surface area contributed by atoms with E-state index in [0.29, 0.717) is 12.8 Å². The number of carbonyl (C=O) groups is 2. The van der Waals surface area contributed by atoms with E-state index in [0.717, 1.165) is 0 Å². The smallest absolute Gasteiger partial charge is 0.306 e. The SMILES string of the molecule is C/C=C/C(OC(C)=O)C1CCC(=O)O1. The first kappa shape index (κ1) is 10.8. The molecule has 4 nitrogen and oxygen atoms in total. The number of ether oxygens (including phenoxy) is 2. The van der Waals surface area contributed by atoms with Gasteiger partial charge < -0.3 is 9.47 Å². The maximum absolute atomic E-state index is 10.9. The number of hydrogen-bond acceptors (Lipinski definition) is 4. The van der Waals surface area contributed by atoms with Crippen molar-refractivity contribution in [3.8, 4) is 0 Å². The van der Waals surface area contributed by atoms with Crippen molar-refractivity contribution in [1.29, 1.82) is 0 Å². The molecule has 1 aliphatic rings. The number of carbonyl (C=O) groups excluding carboxylic acids is 2. The van der Waals surface area contributed by atoms with Gasteiger partial charge in [-0.15, -0.1) is 0 Å². The molecule has 0 aliphatic carbocycles. The van der Waals surface area contributed by atoms with Crippen molar-refractivity contribution in [3.63, 3.8) is 0 Å². The second kappa shape index (κ2) is 4.79. The first-order chi connectivity index (χ1) is 6.63. The quantitative estimate of drug-likeness (QED) is 0.505. The Labute approximate surface area is 82.9 Å². The minimum Gasteiger partial charge on any atom is -0.458 e. The summed E-state index contributed by atoms with van der Waals surface area (Å²) in [6.45, 7) is 3.17. The molecule has 0 aromatic heterocycles. The lowest BCUT2D eigenvalue weighted by molar-refractivity contribution is -0.156. The first-order valence-electron chi connectivity index (χ1n) is 4.63. The van der Waals surface area contributed by atoms with Gasteiger partial charge in [0, 0.05) is 13.3 Å². The lowest BCUT2D eigenvalue weighted by Crippen LogP contribution is -2.28. The summed E-state index contributed by atoms with van der Waals surface area (Å²) in [4.78, 5) is 21.6. The van der Waals surface area contributed by atoms with Gasteiger partial charge >= 0.3 is 11.9 Å². The number of cyclic esters (lactones) is 1. The lowest BCUT2D eigenvalue weighted by atomic mass is 10.1. The second-order valence-electron chi connectivity index (χ2n) is 3.17. The average molecular weight is 198 g/mol. The Morgan fingerprint density at radius 3 is 2.86 bits per heavy atom. The molecule has 0 spiro atoms. The van der Waals surface area contributed by atoms with Crippen molar-refractivity contribution in [2.75, 3.05) is 0 Å². The molecule has 0 aromatic carbocycles. The van der Waals surface area contributed by atoms with Crippen LogP contribution in [-0.2, 0) is 19.1 Å². The Morgan fingerprint density at radius 1 is 1.71 bits per heavy atom. The molecule has 1 fully saturated rings. The maximum atomic E-state index is 10.9. The lowest BCUT2D eigenvalue weighted by Gasteiger charge is -2.18. The van der Waals surface area contributed by atoms with Gasteiger partial charge in [0.15, 0.2) is 6.10 Å². The highest BCUT2D eigenvalue weighted by Crippen LogP contribution is 2.20. The van der Waals surface area contributed by atoms with Crippen LogP contribution < -0.4 is 0 Å². The van der Waals surface area contributed by atoms with Crippen LogP contribution in [0.1, 0.15) is 26.7 Å². The molecular weight excluding hydrogens is 184 g/mol. The van der Waals surface area contributed by atoms with Crippen molar-refractivity contribution in [2.45, 2.75) is 38.9 Å². The molecule has 78 valence electrons. The summed E-state index contributed by atoms with van der Waals surface area (Å²) in [7, 11) is 0. The third-order valence-corrected chi connectivity index (χ3v) is 1.97. The maximum Gasteiger partial charge on any atom is 0.306 e. The van der Waals surface area contributed by atoms with E-state index in [-0.39, 0.29) is 18.0 Å². The molecule has 14 heavy (non-hydrogen) atoms. The Balaban J connectivity index is 2.58. The number of allylic oxidation sites excluding steroid dienone is 1. The standard InChI is InChI=1S/C10H14O4/c1-3-4-8(13-7(2)11)9-5-6-10(12)14-9/h3-4,8-9H,5-6H2,1-2H3/b4-3+. The summed E-state index contributed by atoms with van der Waals surface area (Å²) >= 11 is 0. The van der Waals surface area contributed by atoms with E-state index >= 15 is 0 Å². The van der Waals surface area contributed by atoms with Gasteiger partial charge in [0.25, 0.3) is 0 Å². The van der Waals surface area contributed by atoms with E-state index < -0.39 is 6.10 Å². The van der Waals surface area contributed by atoms with Crippen LogP contribution in [0.25, 0.3) is 0 Å². The van der Waals surface area contributed by atoms with Gasteiger partial charge in [-0.3, -0.25) is 9.59 Å². The molecule has 0 aromatic rings. The van der Waals surface area contributed by atoms with Crippen molar-refractivity contribution in [3.05, 3.63) is 12.2 Å². The molecule has 2 unspecified atom stereocenters. The van der Waals surface area contributed by atoms with E-state index in [4.69, 9.17) is 9.47 Å². The molecule has 0 amide bonds. The Hall–Kier alpha value is -1.32. The highest BCUT2D eigenvalue weighted by Gasteiger charge is 2.31. The largest absolute Gasteiger partial charge is 0.458 e. The molecule has 4 heteroatoms. The highest BCUT2D eigenvalue weighted by atomic mass is 16.6. The first-order valence-corrected chi connectivity index (χ1v) is 4.63. The summed E-state index contributed by atoms with van der Waals surface area (Å²) in [6, 6.07) is 0. The van der Waals surface area contributed by atoms with Gasteiger partial charge in [-0.2, -0.15) is 0 Å². The molecular formula is C10H14O4. The fourth-order valence-electron chi connectivity index (χ4n) is 1.40. The number of hydrogen-bond donors (Lipinski definition) is 0. The van der Waals surface area contributed by atoms with Crippen LogP contribution >= 0.6 is 0 Å². The predicted molar refractivity (Wildman–Crippen MR) is 49.5 cm³/mol. The van der Waals surface area contributed by atoms with Crippen LogP contribution in [0.15, 0.2) is 12.2 Å². The summed E-state index contributed by atoms with van der Waals surface area (Å²) in [6.07, 6.45) is 3.76. The van der Waals surface area contributed by atoms with Gasteiger partial charge in [0.1, 0.15) is 6.10 Å². The van der Waals surface area contributed by atoms with Gasteiger partial charge in [-0.1, -0.05) is 6.08 Å². The molecule has 0 bridgehead atoms. The van der Waals surface area contributed by atoms with Gasteiger partial charge in [0.2, 0.25) is 0 Å². The third kappa shape index (κ3) is 2.87. The van der Waals surface area contributed by atoms with Crippen molar-refractivity contribution < 1.29 is 19.1 Å². The summed E-state index contributed by atoms with van der Waals surface area (Å²) in [5.74, 6) is -0.590. The van der Waals surface area contributed by atoms with Gasteiger partial charge in [-0.05, 0) is 19.4 Å². The van der Waals surface area contributed by atoms with Gasteiger partial charge in [-0.25, -0.2) is 0 Å². The molecule has 0 saturated carbocycles. The minimum absolute atomic E-state index is 0.225. The normalized spacial score (nSPS) is 23.6. The predicted octanol–water partition coefficient (Wildman–Crippen LogP) is 1.20. The van der Waals surface area contributed by atoms with Crippen LogP contribution in [-0.4, -0.2) is 24.1 Å². The second-order valence-corrected chi connectivity index (χ2v) is 3.17. The van der Waals surface area contributed by atoms with Crippen molar-refractivity contribution in [2.24, 2.45) is 0 Å². The van der Waals surface area contributed by atoms with E-state index in [1.807, 2.05) is 6.92 Å². The fourth-order valence-corrected chi connectivity index (χ4v) is 1.40. The number of esters is 2. The average Bonchev–Trinajstić information content (AvgIpc) is 2.50. The van der Waals surface area contributed by atoms with Crippen LogP contribution in [0.5, 0.6) is 0 Å². The third-order valence-electron chi connectivity index (χ3n) is 1.97. The molecule has 1 aliphatic heterocycles. The van der Waals surface area contributed by atoms with Crippen LogP contribution in [0.3, 0.4) is 0 Å².